The minimum atomic E-state index is 0.0381. The molecule has 2 atom stereocenters. The second-order valence-corrected chi connectivity index (χ2v) is 7.69. The van der Waals surface area contributed by atoms with Crippen molar-refractivity contribution < 1.29 is 4.79 Å². The van der Waals surface area contributed by atoms with Crippen molar-refractivity contribution in [3.63, 3.8) is 0 Å². The van der Waals surface area contributed by atoms with Crippen LogP contribution in [0.2, 0.25) is 0 Å². The van der Waals surface area contributed by atoms with Gasteiger partial charge >= 0.3 is 0 Å². The van der Waals surface area contributed by atoms with E-state index in [0.717, 1.165) is 17.3 Å². The van der Waals surface area contributed by atoms with Gasteiger partial charge in [-0.25, -0.2) is 0 Å². The molecule has 3 rings (SSSR count). The monoisotopic (exact) mass is 317 g/mol. The number of carbonyl (C=O) groups is 1. The van der Waals surface area contributed by atoms with E-state index in [4.69, 9.17) is 0 Å². The third-order valence-electron chi connectivity index (χ3n) is 3.76. The number of carbonyl (C=O) groups excluding carboxylic acids is 1. The van der Waals surface area contributed by atoms with Crippen molar-refractivity contribution in [3.05, 3.63) is 48.0 Å². The topological polar surface area (TPSA) is 29.1 Å². The fourth-order valence-electron chi connectivity index (χ4n) is 2.65. The van der Waals surface area contributed by atoms with Crippen LogP contribution < -0.4 is 5.32 Å². The molecule has 1 amide bonds. The van der Waals surface area contributed by atoms with E-state index in [0.29, 0.717) is 0 Å². The van der Waals surface area contributed by atoms with Crippen molar-refractivity contribution in [1.29, 1.82) is 0 Å². The van der Waals surface area contributed by atoms with Crippen molar-refractivity contribution in [2.45, 2.75) is 18.2 Å². The third kappa shape index (κ3) is 3.38. The molecule has 2 unspecified atom stereocenters. The maximum atomic E-state index is 12.4. The lowest BCUT2D eigenvalue weighted by Gasteiger charge is -2.23. The Morgan fingerprint density at radius 1 is 1.19 bits per heavy atom. The third-order valence-corrected chi connectivity index (χ3v) is 6.51. The van der Waals surface area contributed by atoms with E-state index in [1.807, 2.05) is 23.9 Å². The SMILES string of the molecule is CC(NC(=O)C1CSCCS1)c1cccc2ccccc12. The van der Waals surface area contributed by atoms with Gasteiger partial charge in [-0.2, -0.15) is 11.8 Å². The number of fused-ring (bicyclic) bond motifs is 1. The first kappa shape index (κ1) is 14.8. The fraction of sp³-hybridized carbons (Fsp3) is 0.353. The lowest BCUT2D eigenvalue weighted by Crippen LogP contribution is -2.37. The van der Waals surface area contributed by atoms with Crippen LogP contribution in [-0.2, 0) is 4.79 Å². The lowest BCUT2D eigenvalue weighted by molar-refractivity contribution is -0.120. The Balaban J connectivity index is 1.77. The highest BCUT2D eigenvalue weighted by atomic mass is 32.2. The van der Waals surface area contributed by atoms with Gasteiger partial charge in [-0.1, -0.05) is 42.5 Å². The summed E-state index contributed by atoms with van der Waals surface area (Å²) in [6.45, 7) is 2.07. The van der Waals surface area contributed by atoms with Crippen LogP contribution in [0.4, 0.5) is 0 Å². The average Bonchev–Trinajstić information content (AvgIpc) is 2.55. The summed E-state index contributed by atoms with van der Waals surface area (Å²) in [5, 5.41) is 5.73. The standard InChI is InChI=1S/C17H19NOS2/c1-12(18-17(19)16-11-20-9-10-21-16)14-8-4-6-13-5-2-3-7-15(13)14/h2-8,12,16H,9-11H2,1H3,(H,18,19). The highest BCUT2D eigenvalue weighted by Gasteiger charge is 2.23. The Hall–Kier alpha value is -1.13. The number of nitrogens with one attached hydrogen (secondary N) is 1. The van der Waals surface area contributed by atoms with Crippen LogP contribution in [0.3, 0.4) is 0 Å². The Morgan fingerprint density at radius 3 is 2.81 bits per heavy atom. The van der Waals surface area contributed by atoms with E-state index >= 15 is 0 Å². The largest absolute Gasteiger partial charge is 0.349 e. The zero-order chi connectivity index (χ0) is 14.7. The van der Waals surface area contributed by atoms with Gasteiger partial charge in [-0.3, -0.25) is 4.79 Å². The molecule has 4 heteroatoms. The predicted molar refractivity (Wildman–Crippen MR) is 94.1 cm³/mol. The second kappa shape index (κ2) is 6.75. The average molecular weight is 317 g/mol. The summed E-state index contributed by atoms with van der Waals surface area (Å²) in [5.41, 5.74) is 1.19. The zero-order valence-electron chi connectivity index (χ0n) is 12.0. The van der Waals surface area contributed by atoms with E-state index < -0.39 is 0 Å². The molecule has 0 radical (unpaired) electrons. The lowest BCUT2D eigenvalue weighted by atomic mass is 9.99. The first-order valence-corrected chi connectivity index (χ1v) is 9.43. The molecule has 2 aromatic carbocycles. The molecule has 0 spiro atoms. The first-order chi connectivity index (χ1) is 10.3. The minimum Gasteiger partial charge on any atom is -0.349 e. The van der Waals surface area contributed by atoms with E-state index in [1.54, 1.807) is 11.8 Å². The van der Waals surface area contributed by atoms with Gasteiger partial charge in [-0.15, -0.1) is 11.8 Å². The van der Waals surface area contributed by atoms with Gasteiger partial charge in [-0.05, 0) is 23.3 Å². The van der Waals surface area contributed by atoms with Crippen LogP contribution in [0.15, 0.2) is 42.5 Å². The van der Waals surface area contributed by atoms with Gasteiger partial charge in [0.05, 0.1) is 11.3 Å². The summed E-state index contributed by atoms with van der Waals surface area (Å²) in [6, 6.07) is 14.7. The number of rotatable bonds is 3. The highest BCUT2D eigenvalue weighted by Crippen LogP contribution is 2.27. The van der Waals surface area contributed by atoms with Crippen LogP contribution in [0, 0.1) is 0 Å². The minimum absolute atomic E-state index is 0.0381. The van der Waals surface area contributed by atoms with Crippen LogP contribution >= 0.6 is 23.5 Å². The van der Waals surface area contributed by atoms with E-state index in [2.05, 4.69) is 42.6 Å². The summed E-state index contributed by atoms with van der Waals surface area (Å²) < 4.78 is 0. The van der Waals surface area contributed by atoms with Crippen molar-refractivity contribution in [3.8, 4) is 0 Å². The maximum Gasteiger partial charge on any atom is 0.234 e. The van der Waals surface area contributed by atoms with Crippen molar-refractivity contribution >= 4 is 40.2 Å². The first-order valence-electron chi connectivity index (χ1n) is 7.23. The quantitative estimate of drug-likeness (QED) is 0.932. The fourth-order valence-corrected chi connectivity index (χ4v) is 5.22. The molecule has 0 bridgehead atoms. The molecule has 0 saturated carbocycles. The Labute approximate surface area is 134 Å². The van der Waals surface area contributed by atoms with Crippen molar-refractivity contribution in [1.82, 2.24) is 5.32 Å². The molecule has 0 aliphatic carbocycles. The summed E-state index contributed by atoms with van der Waals surface area (Å²) in [7, 11) is 0. The van der Waals surface area contributed by atoms with Gasteiger partial charge in [0.2, 0.25) is 5.91 Å². The van der Waals surface area contributed by atoms with Crippen molar-refractivity contribution in [2.24, 2.45) is 0 Å². The predicted octanol–water partition coefficient (Wildman–Crippen LogP) is 3.87. The molecule has 1 saturated heterocycles. The van der Waals surface area contributed by atoms with Gasteiger partial charge < -0.3 is 5.32 Å². The van der Waals surface area contributed by atoms with Gasteiger partial charge in [0.25, 0.3) is 0 Å². The van der Waals surface area contributed by atoms with E-state index in [9.17, 15) is 4.79 Å². The maximum absolute atomic E-state index is 12.4. The summed E-state index contributed by atoms with van der Waals surface area (Å²) in [4.78, 5) is 12.4. The van der Waals surface area contributed by atoms with E-state index in [-0.39, 0.29) is 17.2 Å². The zero-order valence-corrected chi connectivity index (χ0v) is 13.7. The van der Waals surface area contributed by atoms with Crippen molar-refractivity contribution in [2.75, 3.05) is 17.3 Å². The van der Waals surface area contributed by atoms with Gasteiger partial charge in [0.1, 0.15) is 0 Å². The Morgan fingerprint density at radius 2 is 2.00 bits per heavy atom. The number of thioether (sulfide) groups is 2. The smallest absolute Gasteiger partial charge is 0.234 e. The number of benzene rings is 2. The molecule has 1 aliphatic rings. The molecule has 1 aliphatic heterocycles. The molecular formula is C17H19NOS2. The molecule has 110 valence electrons. The highest BCUT2D eigenvalue weighted by molar-refractivity contribution is 8.07. The summed E-state index contributed by atoms with van der Waals surface area (Å²) in [5.74, 6) is 3.34. The molecule has 1 fully saturated rings. The number of hydrogen-bond donors (Lipinski definition) is 1. The van der Waals surface area contributed by atoms with Gasteiger partial charge in [0.15, 0.2) is 0 Å². The summed E-state index contributed by atoms with van der Waals surface area (Å²) >= 11 is 3.65. The van der Waals surface area contributed by atoms with Crippen LogP contribution in [0.25, 0.3) is 10.8 Å². The normalized spacial score (nSPS) is 20.1. The Kier molecular flexibility index (Phi) is 4.76. The number of amides is 1. The molecule has 21 heavy (non-hydrogen) atoms. The molecule has 2 aromatic rings. The molecule has 1 N–H and O–H groups in total. The number of hydrogen-bond acceptors (Lipinski definition) is 3. The molecule has 1 heterocycles. The van der Waals surface area contributed by atoms with E-state index in [1.165, 1.54) is 16.3 Å². The van der Waals surface area contributed by atoms with Crippen LogP contribution in [-0.4, -0.2) is 28.4 Å². The van der Waals surface area contributed by atoms with Crippen LogP contribution in [0.5, 0.6) is 0 Å². The molecular weight excluding hydrogens is 298 g/mol. The summed E-state index contributed by atoms with van der Waals surface area (Å²) in [6.07, 6.45) is 0. The van der Waals surface area contributed by atoms with Crippen LogP contribution in [0.1, 0.15) is 18.5 Å². The second-order valence-electron chi connectivity index (χ2n) is 5.23. The Bertz CT molecular complexity index is 632. The van der Waals surface area contributed by atoms with Gasteiger partial charge in [0, 0.05) is 17.3 Å². The molecule has 2 nitrogen and oxygen atoms in total. The molecule has 0 aromatic heterocycles.